The van der Waals surface area contributed by atoms with E-state index < -0.39 is 11.5 Å². The summed E-state index contributed by atoms with van der Waals surface area (Å²) in [4.78, 5) is 26.3. The van der Waals surface area contributed by atoms with Crippen LogP contribution < -0.4 is 0 Å². The molecule has 7 nitrogen and oxygen atoms in total. The number of amides is 2. The normalized spacial score (nSPS) is 11.2. The molecule has 0 rings (SSSR count). The van der Waals surface area contributed by atoms with E-state index in [0.717, 1.165) is 0 Å². The Morgan fingerprint density at radius 2 is 1.50 bits per heavy atom. The van der Waals surface area contributed by atoms with E-state index in [1.165, 1.54) is 4.90 Å². The van der Waals surface area contributed by atoms with Crippen molar-refractivity contribution in [3.63, 3.8) is 0 Å². The number of carbonyl (C=O) groups is 2. The molecule has 0 aliphatic carbocycles. The third kappa shape index (κ3) is 6.72. The van der Waals surface area contributed by atoms with Crippen LogP contribution in [0.15, 0.2) is 0 Å². The van der Waals surface area contributed by atoms with E-state index in [-0.39, 0.29) is 12.6 Å². The van der Waals surface area contributed by atoms with Crippen LogP contribution in [0.3, 0.4) is 0 Å². The highest BCUT2D eigenvalue weighted by atomic mass is 16.5. The second-order valence-electron chi connectivity index (χ2n) is 5.41. The molecule has 0 saturated heterocycles. The van der Waals surface area contributed by atoms with E-state index in [2.05, 4.69) is 0 Å². The monoisotopic (exact) mass is 290 g/mol. The number of aliphatic carboxylic acids is 1. The molecule has 20 heavy (non-hydrogen) atoms. The van der Waals surface area contributed by atoms with E-state index in [4.69, 9.17) is 14.6 Å². The minimum Gasteiger partial charge on any atom is -0.480 e. The van der Waals surface area contributed by atoms with E-state index in [1.807, 2.05) is 0 Å². The number of hydrogen-bond donors (Lipinski definition) is 1. The zero-order chi connectivity index (χ0) is 15.8. The van der Waals surface area contributed by atoms with Crippen LogP contribution >= 0.6 is 0 Å². The van der Waals surface area contributed by atoms with Gasteiger partial charge in [0.1, 0.15) is 6.54 Å². The Morgan fingerprint density at radius 3 is 1.80 bits per heavy atom. The average molecular weight is 290 g/mol. The highest BCUT2D eigenvalue weighted by Gasteiger charge is 2.31. The lowest BCUT2D eigenvalue weighted by Crippen LogP contribution is -2.54. The summed E-state index contributed by atoms with van der Waals surface area (Å²) in [7, 11) is 3.11. The van der Waals surface area contributed by atoms with Crippen molar-refractivity contribution in [1.29, 1.82) is 0 Å². The first kappa shape index (κ1) is 18.7. The van der Waals surface area contributed by atoms with Gasteiger partial charge in [0, 0.05) is 32.8 Å². The summed E-state index contributed by atoms with van der Waals surface area (Å²) in [5.74, 6) is -1.04. The summed E-state index contributed by atoms with van der Waals surface area (Å²) in [6, 6.07) is -0.325. The summed E-state index contributed by atoms with van der Waals surface area (Å²) < 4.78 is 9.96. The standard InChI is InChI=1S/C13H26N2O5/c1-13(2,3)15(10-11(16)17)12(18)14(6-8-19-4)7-9-20-5/h6-10H2,1-5H3,(H,16,17). The quantitative estimate of drug-likeness (QED) is 0.718. The minimum absolute atomic E-state index is 0.325. The zero-order valence-electron chi connectivity index (χ0n) is 13.0. The van der Waals surface area contributed by atoms with Crippen molar-refractivity contribution in [3.05, 3.63) is 0 Å². The fourth-order valence-electron chi connectivity index (χ4n) is 1.60. The predicted octanol–water partition coefficient (Wildman–Crippen LogP) is 0.886. The number of rotatable bonds is 8. The lowest BCUT2D eigenvalue weighted by atomic mass is 10.1. The van der Waals surface area contributed by atoms with Crippen LogP contribution in [0, 0.1) is 0 Å². The number of carboxylic acids is 1. The molecule has 0 heterocycles. The first-order valence-electron chi connectivity index (χ1n) is 6.50. The third-order valence-electron chi connectivity index (χ3n) is 2.74. The summed E-state index contributed by atoms with van der Waals surface area (Å²) >= 11 is 0. The molecule has 0 fully saturated rings. The van der Waals surface area contributed by atoms with E-state index >= 15 is 0 Å². The number of nitrogens with zero attached hydrogens (tertiary/aromatic N) is 2. The Hall–Kier alpha value is -1.34. The van der Waals surface area contributed by atoms with Gasteiger partial charge in [-0.15, -0.1) is 0 Å². The van der Waals surface area contributed by atoms with Gasteiger partial charge in [0.25, 0.3) is 0 Å². The Bertz CT molecular complexity index is 306. The molecule has 0 radical (unpaired) electrons. The molecule has 0 aromatic rings. The zero-order valence-corrected chi connectivity index (χ0v) is 13.0. The number of hydrogen-bond acceptors (Lipinski definition) is 4. The van der Waals surface area contributed by atoms with Crippen LogP contribution in [0.4, 0.5) is 4.79 Å². The van der Waals surface area contributed by atoms with Crippen molar-refractivity contribution < 1.29 is 24.2 Å². The Labute approximate surface area is 120 Å². The van der Waals surface area contributed by atoms with Crippen molar-refractivity contribution in [1.82, 2.24) is 9.80 Å². The lowest BCUT2D eigenvalue weighted by Gasteiger charge is -2.38. The summed E-state index contributed by atoms with van der Waals surface area (Å²) in [6.45, 7) is 6.64. The maximum absolute atomic E-state index is 12.5. The largest absolute Gasteiger partial charge is 0.480 e. The molecule has 0 spiro atoms. The smallest absolute Gasteiger partial charge is 0.323 e. The maximum Gasteiger partial charge on any atom is 0.323 e. The molecular formula is C13H26N2O5. The molecule has 0 atom stereocenters. The highest BCUT2D eigenvalue weighted by Crippen LogP contribution is 2.15. The van der Waals surface area contributed by atoms with Gasteiger partial charge in [-0.1, -0.05) is 0 Å². The van der Waals surface area contributed by atoms with E-state index in [9.17, 15) is 9.59 Å². The second-order valence-corrected chi connectivity index (χ2v) is 5.41. The van der Waals surface area contributed by atoms with Crippen molar-refractivity contribution in [2.45, 2.75) is 26.3 Å². The van der Waals surface area contributed by atoms with Gasteiger partial charge >= 0.3 is 12.0 Å². The van der Waals surface area contributed by atoms with Crippen LogP contribution in [0.2, 0.25) is 0 Å². The molecule has 0 saturated carbocycles. The van der Waals surface area contributed by atoms with Crippen LogP contribution in [0.5, 0.6) is 0 Å². The summed E-state index contributed by atoms with van der Waals surface area (Å²) in [5.41, 5.74) is -0.576. The van der Waals surface area contributed by atoms with Gasteiger partial charge in [-0.3, -0.25) is 4.79 Å². The molecule has 0 bridgehead atoms. The van der Waals surface area contributed by atoms with E-state index in [0.29, 0.717) is 26.3 Å². The molecule has 118 valence electrons. The Kier molecular flexibility index (Phi) is 8.17. The number of urea groups is 1. The van der Waals surface area contributed by atoms with Gasteiger partial charge in [0.05, 0.1) is 13.2 Å². The van der Waals surface area contributed by atoms with Crippen LogP contribution in [-0.2, 0) is 14.3 Å². The third-order valence-corrected chi connectivity index (χ3v) is 2.74. The van der Waals surface area contributed by atoms with Gasteiger partial charge in [-0.2, -0.15) is 0 Å². The highest BCUT2D eigenvalue weighted by molar-refractivity contribution is 5.80. The van der Waals surface area contributed by atoms with Crippen molar-refractivity contribution in [2.24, 2.45) is 0 Å². The van der Waals surface area contributed by atoms with Gasteiger partial charge in [0.2, 0.25) is 0 Å². The first-order chi connectivity index (χ1) is 9.23. The predicted molar refractivity (Wildman–Crippen MR) is 74.8 cm³/mol. The van der Waals surface area contributed by atoms with Gasteiger partial charge in [-0.05, 0) is 20.8 Å². The Balaban J connectivity index is 4.97. The van der Waals surface area contributed by atoms with Gasteiger partial charge in [-0.25, -0.2) is 4.79 Å². The summed E-state index contributed by atoms with van der Waals surface area (Å²) in [5, 5.41) is 8.97. The number of carboxylic acid groups (broad SMARTS) is 1. The van der Waals surface area contributed by atoms with Crippen LogP contribution in [0.25, 0.3) is 0 Å². The lowest BCUT2D eigenvalue weighted by molar-refractivity contribution is -0.138. The number of methoxy groups -OCH3 is 2. The minimum atomic E-state index is -1.04. The molecule has 0 aromatic heterocycles. The Morgan fingerprint density at radius 1 is 1.05 bits per heavy atom. The molecule has 2 amide bonds. The SMILES string of the molecule is COCCN(CCOC)C(=O)N(CC(=O)O)C(C)(C)C. The molecule has 0 aliphatic rings. The number of carbonyl (C=O) groups excluding carboxylic acids is 1. The van der Waals surface area contributed by atoms with Crippen LogP contribution in [0.1, 0.15) is 20.8 Å². The molecule has 0 unspecified atom stereocenters. The second kappa shape index (κ2) is 8.76. The number of ether oxygens (including phenoxy) is 2. The molecule has 0 aliphatic heterocycles. The molecular weight excluding hydrogens is 264 g/mol. The van der Waals surface area contributed by atoms with Crippen molar-refractivity contribution in [2.75, 3.05) is 47.1 Å². The first-order valence-corrected chi connectivity index (χ1v) is 6.50. The molecule has 0 aromatic carbocycles. The average Bonchev–Trinajstić information content (AvgIpc) is 2.34. The van der Waals surface area contributed by atoms with Gasteiger partial charge < -0.3 is 24.4 Å². The fraction of sp³-hybridized carbons (Fsp3) is 0.846. The van der Waals surface area contributed by atoms with Crippen LogP contribution in [-0.4, -0.2) is 79.5 Å². The summed E-state index contributed by atoms with van der Waals surface area (Å²) in [6.07, 6.45) is 0. The van der Waals surface area contributed by atoms with Crippen molar-refractivity contribution in [3.8, 4) is 0 Å². The fourth-order valence-corrected chi connectivity index (χ4v) is 1.60. The molecule has 1 N–H and O–H groups in total. The topological polar surface area (TPSA) is 79.3 Å². The van der Waals surface area contributed by atoms with E-state index in [1.54, 1.807) is 39.9 Å². The van der Waals surface area contributed by atoms with Crippen molar-refractivity contribution >= 4 is 12.0 Å². The molecule has 7 heteroatoms. The maximum atomic E-state index is 12.5. The van der Waals surface area contributed by atoms with Gasteiger partial charge in [0.15, 0.2) is 0 Å².